The van der Waals surface area contributed by atoms with E-state index in [9.17, 15) is 14.7 Å². The van der Waals surface area contributed by atoms with Gasteiger partial charge in [-0.3, -0.25) is 9.78 Å². The van der Waals surface area contributed by atoms with Crippen LogP contribution in [0.5, 0.6) is 5.75 Å². The van der Waals surface area contributed by atoms with Crippen LogP contribution in [-0.2, 0) is 16.1 Å². The molecule has 1 aromatic heterocycles. The molecule has 1 aromatic carbocycles. The van der Waals surface area contributed by atoms with Gasteiger partial charge in [0.15, 0.2) is 5.54 Å². The monoisotopic (exact) mass is 372 g/mol. The van der Waals surface area contributed by atoms with Crippen LogP contribution in [0.1, 0.15) is 34.0 Å². The number of aromatic nitrogens is 1. The molecule has 1 heterocycles. The average molecular weight is 372 g/mol. The number of nitrogens with zero attached hydrogens (tertiary/aromatic N) is 1. The van der Waals surface area contributed by atoms with E-state index >= 15 is 0 Å². The molecule has 0 aliphatic heterocycles. The third-order valence-electron chi connectivity index (χ3n) is 4.12. The maximum atomic E-state index is 12.6. The first-order chi connectivity index (χ1) is 12.8. The smallest absolute Gasteiger partial charge is 0.331 e. The number of ether oxygens (including phenoxy) is 2. The van der Waals surface area contributed by atoms with Crippen molar-refractivity contribution in [2.75, 3.05) is 13.7 Å². The summed E-state index contributed by atoms with van der Waals surface area (Å²) in [5, 5.41) is 11.9. The highest BCUT2D eigenvalue weighted by Crippen LogP contribution is 2.26. The third kappa shape index (κ3) is 5.04. The van der Waals surface area contributed by atoms with Crippen LogP contribution in [0.3, 0.4) is 0 Å². The number of rotatable bonds is 8. The molecule has 2 rings (SSSR count). The fourth-order valence-electron chi connectivity index (χ4n) is 2.71. The molecular formula is C20H24N2O5. The van der Waals surface area contributed by atoms with Crippen molar-refractivity contribution >= 4 is 11.9 Å². The first kappa shape index (κ1) is 20.4. The first-order valence-electron chi connectivity index (χ1n) is 8.44. The summed E-state index contributed by atoms with van der Waals surface area (Å²) < 4.78 is 10.8. The second-order valence-corrected chi connectivity index (χ2v) is 6.61. The number of aliphatic carboxylic acids is 1. The molecular weight excluding hydrogens is 348 g/mol. The molecule has 1 atom stereocenters. The van der Waals surface area contributed by atoms with Crippen LogP contribution in [0.25, 0.3) is 0 Å². The summed E-state index contributed by atoms with van der Waals surface area (Å²) in [6.45, 7) is 5.31. The Labute approximate surface area is 158 Å². The minimum absolute atomic E-state index is 0.141. The van der Waals surface area contributed by atoms with Gasteiger partial charge in [0.25, 0.3) is 5.91 Å². The minimum Gasteiger partial charge on any atom is -0.488 e. The number of methoxy groups -OCH3 is 1. The van der Waals surface area contributed by atoms with E-state index in [1.807, 2.05) is 26.0 Å². The number of pyridine rings is 1. The van der Waals surface area contributed by atoms with Crippen LogP contribution in [-0.4, -0.2) is 41.2 Å². The maximum absolute atomic E-state index is 12.6. The summed E-state index contributed by atoms with van der Waals surface area (Å²) in [7, 11) is 1.38. The summed E-state index contributed by atoms with van der Waals surface area (Å²) in [5.74, 6) is -0.960. The average Bonchev–Trinajstić information content (AvgIpc) is 2.61. The second kappa shape index (κ2) is 8.64. The van der Waals surface area contributed by atoms with E-state index in [0.29, 0.717) is 17.9 Å². The van der Waals surface area contributed by atoms with Gasteiger partial charge in [-0.15, -0.1) is 0 Å². The Hall–Kier alpha value is -2.93. The lowest BCUT2D eigenvalue weighted by molar-refractivity contribution is -0.145. The quantitative estimate of drug-likeness (QED) is 0.739. The largest absolute Gasteiger partial charge is 0.488 e. The predicted octanol–water partition coefficient (Wildman–Crippen LogP) is 2.50. The number of hydrogen-bond acceptors (Lipinski definition) is 5. The lowest BCUT2D eigenvalue weighted by atomic mass is 10.0. The number of hydrogen-bond donors (Lipinski definition) is 2. The highest BCUT2D eigenvalue weighted by Gasteiger charge is 2.35. The number of amides is 1. The molecule has 144 valence electrons. The van der Waals surface area contributed by atoms with Crippen molar-refractivity contribution in [3.05, 3.63) is 58.9 Å². The SMILES string of the molecule is COCC(C)(NC(=O)c1cc(C)c(OCc2cccnc2)c(C)c1)C(=O)O. The van der Waals surface area contributed by atoms with Gasteiger partial charge >= 0.3 is 5.97 Å². The summed E-state index contributed by atoms with van der Waals surface area (Å²) in [5.41, 5.74) is 1.36. The topological polar surface area (TPSA) is 97.8 Å². The van der Waals surface area contributed by atoms with Gasteiger partial charge in [-0.1, -0.05) is 6.07 Å². The molecule has 7 nitrogen and oxygen atoms in total. The number of carboxylic acids is 1. The Morgan fingerprint density at radius 3 is 2.44 bits per heavy atom. The zero-order valence-corrected chi connectivity index (χ0v) is 15.9. The Kier molecular flexibility index (Phi) is 6.52. The molecule has 2 N–H and O–H groups in total. The number of carbonyl (C=O) groups is 2. The number of carbonyl (C=O) groups excluding carboxylic acids is 1. The molecule has 0 aliphatic carbocycles. The van der Waals surface area contributed by atoms with Gasteiger partial charge in [0.05, 0.1) is 6.61 Å². The van der Waals surface area contributed by atoms with Crippen LogP contribution >= 0.6 is 0 Å². The van der Waals surface area contributed by atoms with E-state index in [-0.39, 0.29) is 6.61 Å². The van der Waals surface area contributed by atoms with E-state index in [4.69, 9.17) is 9.47 Å². The highest BCUT2D eigenvalue weighted by atomic mass is 16.5. The predicted molar refractivity (Wildman–Crippen MR) is 99.9 cm³/mol. The van der Waals surface area contributed by atoms with E-state index in [1.165, 1.54) is 14.0 Å². The molecule has 0 bridgehead atoms. The van der Waals surface area contributed by atoms with E-state index in [1.54, 1.807) is 24.5 Å². The van der Waals surface area contributed by atoms with E-state index < -0.39 is 17.4 Å². The van der Waals surface area contributed by atoms with Gasteiger partial charge in [-0.05, 0) is 50.1 Å². The van der Waals surface area contributed by atoms with Crippen LogP contribution in [0.15, 0.2) is 36.7 Å². The lowest BCUT2D eigenvalue weighted by Gasteiger charge is -2.25. The fourth-order valence-corrected chi connectivity index (χ4v) is 2.71. The number of benzene rings is 1. The number of aryl methyl sites for hydroxylation is 2. The molecule has 2 aromatic rings. The first-order valence-corrected chi connectivity index (χ1v) is 8.44. The number of carboxylic acid groups (broad SMARTS) is 1. The normalized spacial score (nSPS) is 12.9. The van der Waals surface area contributed by atoms with Crippen molar-refractivity contribution in [3.8, 4) is 5.75 Å². The van der Waals surface area contributed by atoms with Gasteiger partial charge in [0.1, 0.15) is 12.4 Å². The summed E-state index contributed by atoms with van der Waals surface area (Å²) in [4.78, 5) is 28.1. The molecule has 0 spiro atoms. The van der Waals surface area contributed by atoms with Crippen LogP contribution in [0.2, 0.25) is 0 Å². The van der Waals surface area contributed by atoms with Crippen LogP contribution in [0.4, 0.5) is 0 Å². The summed E-state index contributed by atoms with van der Waals surface area (Å²) in [6.07, 6.45) is 3.43. The molecule has 0 saturated carbocycles. The van der Waals surface area contributed by atoms with Crippen molar-refractivity contribution in [2.24, 2.45) is 0 Å². The zero-order valence-electron chi connectivity index (χ0n) is 15.9. The standard InChI is InChI=1S/C20H24N2O5/c1-13-8-16(18(23)22-20(3,12-26-4)19(24)25)9-14(2)17(13)27-11-15-6-5-7-21-10-15/h5-10H,11-12H2,1-4H3,(H,22,23)(H,24,25). The fraction of sp³-hybridized carbons (Fsp3) is 0.350. The van der Waals surface area contributed by atoms with Gasteiger partial charge in [0.2, 0.25) is 0 Å². The summed E-state index contributed by atoms with van der Waals surface area (Å²) in [6, 6.07) is 7.11. The molecule has 0 fully saturated rings. The molecule has 0 saturated heterocycles. The molecule has 7 heteroatoms. The van der Waals surface area contributed by atoms with Crippen LogP contribution < -0.4 is 10.1 Å². The van der Waals surface area contributed by atoms with Crippen molar-refractivity contribution in [1.82, 2.24) is 10.3 Å². The van der Waals surface area contributed by atoms with E-state index in [2.05, 4.69) is 10.3 Å². The third-order valence-corrected chi connectivity index (χ3v) is 4.12. The Balaban J connectivity index is 2.17. The Morgan fingerprint density at radius 1 is 1.26 bits per heavy atom. The van der Waals surface area contributed by atoms with Crippen molar-refractivity contribution in [2.45, 2.75) is 32.9 Å². The van der Waals surface area contributed by atoms with Crippen molar-refractivity contribution in [3.63, 3.8) is 0 Å². The highest BCUT2D eigenvalue weighted by molar-refractivity contribution is 5.98. The zero-order chi connectivity index (χ0) is 20.0. The van der Waals surface area contributed by atoms with Crippen LogP contribution in [0, 0.1) is 13.8 Å². The Morgan fingerprint density at radius 2 is 1.93 bits per heavy atom. The Bertz CT molecular complexity index is 799. The van der Waals surface area contributed by atoms with Gasteiger partial charge in [-0.2, -0.15) is 0 Å². The van der Waals surface area contributed by atoms with Gasteiger partial charge in [0, 0.05) is 30.6 Å². The minimum atomic E-state index is -1.51. The molecule has 1 amide bonds. The lowest BCUT2D eigenvalue weighted by Crippen LogP contribution is -2.55. The molecule has 0 radical (unpaired) electrons. The van der Waals surface area contributed by atoms with Crippen molar-refractivity contribution in [1.29, 1.82) is 0 Å². The van der Waals surface area contributed by atoms with Gasteiger partial charge < -0.3 is 19.9 Å². The molecule has 1 unspecified atom stereocenters. The molecule has 0 aliphatic rings. The number of nitrogens with one attached hydrogen (secondary N) is 1. The summed E-state index contributed by atoms with van der Waals surface area (Å²) >= 11 is 0. The van der Waals surface area contributed by atoms with Crippen molar-refractivity contribution < 1.29 is 24.2 Å². The maximum Gasteiger partial charge on any atom is 0.331 e. The van der Waals surface area contributed by atoms with Gasteiger partial charge in [-0.25, -0.2) is 4.79 Å². The second-order valence-electron chi connectivity index (χ2n) is 6.61. The molecule has 27 heavy (non-hydrogen) atoms. The van der Waals surface area contributed by atoms with E-state index in [0.717, 1.165) is 16.7 Å².